The fourth-order valence-corrected chi connectivity index (χ4v) is 1.77. The summed E-state index contributed by atoms with van der Waals surface area (Å²) in [4.78, 5) is 13.9. The van der Waals surface area contributed by atoms with Gasteiger partial charge in [-0.25, -0.2) is 4.98 Å². The Bertz CT molecular complexity index is 860. The quantitative estimate of drug-likeness (QED) is 0.470. The molecular formula is C16H10N4O4. The van der Waals surface area contributed by atoms with Crippen LogP contribution in [0.25, 0.3) is 6.08 Å². The predicted molar refractivity (Wildman–Crippen MR) is 83.2 cm³/mol. The van der Waals surface area contributed by atoms with Crippen molar-refractivity contribution in [3.8, 4) is 29.5 Å². The zero-order chi connectivity index (χ0) is 17.5. The number of rotatable bonds is 5. The minimum atomic E-state index is -0.561. The minimum absolute atomic E-state index is 0.0559. The van der Waals surface area contributed by atoms with Crippen LogP contribution in [0.3, 0.4) is 0 Å². The van der Waals surface area contributed by atoms with E-state index in [0.717, 1.165) is 6.20 Å². The molecule has 2 rings (SSSR count). The van der Waals surface area contributed by atoms with E-state index in [4.69, 9.17) is 20.0 Å². The van der Waals surface area contributed by atoms with E-state index < -0.39 is 4.92 Å². The number of benzene rings is 1. The molecule has 0 aliphatic carbocycles. The van der Waals surface area contributed by atoms with Crippen molar-refractivity contribution in [1.82, 2.24) is 4.98 Å². The molecule has 2 aromatic rings. The van der Waals surface area contributed by atoms with Gasteiger partial charge in [0.2, 0.25) is 5.88 Å². The van der Waals surface area contributed by atoms with Crippen molar-refractivity contribution in [1.29, 1.82) is 10.5 Å². The smallest absolute Gasteiger partial charge is 0.287 e. The molecule has 8 heteroatoms. The number of ether oxygens (including phenoxy) is 2. The number of nitriles is 2. The Morgan fingerprint density at radius 1 is 1.25 bits per heavy atom. The molecule has 0 bridgehead atoms. The molecule has 0 unspecified atom stereocenters. The van der Waals surface area contributed by atoms with Crippen LogP contribution in [0.1, 0.15) is 5.56 Å². The van der Waals surface area contributed by atoms with Gasteiger partial charge in [0, 0.05) is 12.1 Å². The van der Waals surface area contributed by atoms with Gasteiger partial charge in [0.1, 0.15) is 23.9 Å². The van der Waals surface area contributed by atoms with E-state index in [2.05, 4.69) is 4.98 Å². The molecule has 0 spiro atoms. The van der Waals surface area contributed by atoms with Gasteiger partial charge in [0.05, 0.1) is 12.0 Å². The number of pyridine rings is 1. The minimum Gasteiger partial charge on any atom is -0.493 e. The van der Waals surface area contributed by atoms with Crippen molar-refractivity contribution in [2.24, 2.45) is 0 Å². The Morgan fingerprint density at radius 3 is 2.54 bits per heavy atom. The van der Waals surface area contributed by atoms with Crippen molar-refractivity contribution >= 4 is 11.8 Å². The number of nitrogens with zero attached hydrogens (tertiary/aromatic N) is 4. The normalized spacial score (nSPS) is 9.29. The van der Waals surface area contributed by atoms with E-state index in [1.54, 1.807) is 30.3 Å². The van der Waals surface area contributed by atoms with Gasteiger partial charge in [-0.05, 0) is 23.8 Å². The number of nitro groups is 1. The number of hydrogen-bond acceptors (Lipinski definition) is 7. The first-order valence-electron chi connectivity index (χ1n) is 6.55. The topological polar surface area (TPSA) is 122 Å². The molecule has 0 saturated carbocycles. The fourth-order valence-electron chi connectivity index (χ4n) is 1.77. The molecule has 0 N–H and O–H groups in total. The maximum Gasteiger partial charge on any atom is 0.287 e. The summed E-state index contributed by atoms with van der Waals surface area (Å²) in [6, 6.07) is 11.0. The van der Waals surface area contributed by atoms with Crippen molar-refractivity contribution in [3.63, 3.8) is 0 Å². The summed E-state index contributed by atoms with van der Waals surface area (Å²) < 4.78 is 10.8. The zero-order valence-electron chi connectivity index (χ0n) is 12.5. The van der Waals surface area contributed by atoms with Crippen LogP contribution in [0.5, 0.6) is 17.4 Å². The lowest BCUT2D eigenvalue weighted by Crippen LogP contribution is -1.94. The summed E-state index contributed by atoms with van der Waals surface area (Å²) in [5.74, 6) is 0.839. The number of aromatic nitrogens is 1. The highest BCUT2D eigenvalue weighted by atomic mass is 16.6. The Balaban J connectivity index is 2.34. The third-order valence-corrected chi connectivity index (χ3v) is 2.89. The lowest BCUT2D eigenvalue weighted by molar-refractivity contribution is -0.385. The average molecular weight is 322 g/mol. The third kappa shape index (κ3) is 3.84. The zero-order valence-corrected chi connectivity index (χ0v) is 12.5. The molecular weight excluding hydrogens is 312 g/mol. The van der Waals surface area contributed by atoms with E-state index in [-0.39, 0.29) is 17.1 Å². The highest BCUT2D eigenvalue weighted by Crippen LogP contribution is 2.32. The molecule has 8 nitrogen and oxygen atoms in total. The molecule has 1 heterocycles. The van der Waals surface area contributed by atoms with Gasteiger partial charge >= 0.3 is 0 Å². The molecule has 0 radical (unpaired) electrons. The number of hydrogen-bond donors (Lipinski definition) is 0. The predicted octanol–water partition coefficient (Wildman–Crippen LogP) is 3.22. The molecule has 118 valence electrons. The number of methoxy groups -OCH3 is 1. The SMILES string of the molecule is COc1ccc(C=C(C#N)C#N)cc1Oc1ccc([N+](=O)[O-])cn1. The molecule has 0 saturated heterocycles. The lowest BCUT2D eigenvalue weighted by Gasteiger charge is -2.10. The second-order valence-corrected chi connectivity index (χ2v) is 4.41. The van der Waals surface area contributed by atoms with Crippen LogP contribution < -0.4 is 9.47 Å². The maximum absolute atomic E-state index is 10.6. The summed E-state index contributed by atoms with van der Waals surface area (Å²) in [5.41, 5.74) is 0.351. The van der Waals surface area contributed by atoms with Crippen LogP contribution in [0.15, 0.2) is 42.1 Å². The molecule has 0 fully saturated rings. The largest absolute Gasteiger partial charge is 0.493 e. The van der Waals surface area contributed by atoms with Crippen molar-refractivity contribution in [3.05, 3.63) is 57.8 Å². The average Bonchev–Trinajstić information content (AvgIpc) is 2.60. The summed E-state index contributed by atoms with van der Waals surface area (Å²) in [5, 5.41) is 28.2. The van der Waals surface area contributed by atoms with E-state index >= 15 is 0 Å². The number of allylic oxidation sites excluding steroid dienone is 1. The van der Waals surface area contributed by atoms with Gasteiger partial charge in [-0.3, -0.25) is 10.1 Å². The molecule has 0 atom stereocenters. The summed E-state index contributed by atoms with van der Waals surface area (Å²) in [6.45, 7) is 0. The second kappa shape index (κ2) is 7.38. The molecule has 1 aromatic carbocycles. The van der Waals surface area contributed by atoms with Crippen LogP contribution in [-0.4, -0.2) is 17.0 Å². The first-order chi connectivity index (χ1) is 11.6. The van der Waals surface area contributed by atoms with E-state index in [1.807, 2.05) is 0 Å². The summed E-state index contributed by atoms with van der Waals surface area (Å²) in [6.07, 6.45) is 2.48. The van der Waals surface area contributed by atoms with Crippen LogP contribution in [0.2, 0.25) is 0 Å². The summed E-state index contributed by atoms with van der Waals surface area (Å²) >= 11 is 0. The monoisotopic (exact) mass is 322 g/mol. The van der Waals surface area contributed by atoms with Gasteiger partial charge < -0.3 is 9.47 Å². The Labute approximate surface area is 137 Å². The Kier molecular flexibility index (Phi) is 5.06. The van der Waals surface area contributed by atoms with E-state index in [9.17, 15) is 10.1 Å². The van der Waals surface area contributed by atoms with Gasteiger partial charge in [-0.2, -0.15) is 10.5 Å². The van der Waals surface area contributed by atoms with Crippen LogP contribution in [0.4, 0.5) is 5.69 Å². The van der Waals surface area contributed by atoms with Gasteiger partial charge in [-0.15, -0.1) is 0 Å². The van der Waals surface area contributed by atoms with Crippen LogP contribution >= 0.6 is 0 Å². The van der Waals surface area contributed by atoms with Crippen LogP contribution in [0, 0.1) is 32.8 Å². The van der Waals surface area contributed by atoms with Crippen molar-refractivity contribution in [2.75, 3.05) is 7.11 Å². The van der Waals surface area contributed by atoms with E-state index in [0.29, 0.717) is 17.1 Å². The second-order valence-electron chi connectivity index (χ2n) is 4.41. The van der Waals surface area contributed by atoms with Crippen molar-refractivity contribution in [2.45, 2.75) is 0 Å². The lowest BCUT2D eigenvalue weighted by atomic mass is 10.1. The van der Waals surface area contributed by atoms with Gasteiger partial charge in [0.25, 0.3) is 5.69 Å². The molecule has 1 aromatic heterocycles. The highest BCUT2D eigenvalue weighted by Gasteiger charge is 2.10. The molecule has 0 aliphatic rings. The Hall–Kier alpha value is -3.91. The first kappa shape index (κ1) is 16.5. The summed E-state index contributed by atoms with van der Waals surface area (Å²) in [7, 11) is 1.46. The standard InChI is InChI=1S/C16H10N4O4/c1-23-14-4-2-11(6-12(8-17)9-18)7-15(14)24-16-5-3-13(10-19-16)20(21)22/h2-7,10H,1H3. The first-order valence-corrected chi connectivity index (χ1v) is 6.55. The molecule has 0 aliphatic heterocycles. The maximum atomic E-state index is 10.6. The molecule has 0 amide bonds. The highest BCUT2D eigenvalue weighted by molar-refractivity contribution is 5.64. The van der Waals surface area contributed by atoms with Crippen molar-refractivity contribution < 1.29 is 14.4 Å². The third-order valence-electron chi connectivity index (χ3n) is 2.89. The van der Waals surface area contributed by atoms with Gasteiger partial charge in [0.15, 0.2) is 11.5 Å². The van der Waals surface area contributed by atoms with Crippen LogP contribution in [-0.2, 0) is 0 Å². The van der Waals surface area contributed by atoms with E-state index in [1.165, 1.54) is 25.3 Å². The fraction of sp³-hybridized carbons (Fsp3) is 0.0625. The molecule has 24 heavy (non-hydrogen) atoms. The Morgan fingerprint density at radius 2 is 2.00 bits per heavy atom. The van der Waals surface area contributed by atoms with Gasteiger partial charge in [-0.1, -0.05) is 6.07 Å².